The largest absolute Gasteiger partial charge is 0.295 e. The Morgan fingerprint density at radius 1 is 1.41 bits per heavy atom. The molecule has 0 spiro atoms. The molecule has 2 atom stereocenters. The Bertz CT molecular complexity index is 627. The molecule has 3 rings (SSSR count). The molecule has 1 aliphatic carbocycles. The Hall–Kier alpha value is -0.500. The van der Waals surface area contributed by atoms with Gasteiger partial charge in [-0.2, -0.15) is 0 Å². The van der Waals surface area contributed by atoms with E-state index in [0.29, 0.717) is 13.1 Å². The molecule has 0 saturated carbocycles. The second-order valence-electron chi connectivity index (χ2n) is 6.51. The number of nitrogens with zero attached hydrogens (tertiary/aromatic N) is 2. The van der Waals surface area contributed by atoms with E-state index in [1.54, 1.807) is 0 Å². The Labute approximate surface area is 137 Å². The maximum atomic E-state index is 12.1. The average Bonchev–Trinajstić information content (AvgIpc) is 3.05. The quantitative estimate of drug-likeness (QED) is 0.885. The SMILES string of the molecule is CCNS(=O)(=O)[C@H]1CCN(Cc2nc3c(s2)C[C@H](C)CC3)C1. The van der Waals surface area contributed by atoms with Crippen molar-refractivity contribution in [1.82, 2.24) is 14.6 Å². The fourth-order valence-corrected chi connectivity index (χ4v) is 6.15. The van der Waals surface area contributed by atoms with Crippen LogP contribution >= 0.6 is 11.3 Å². The molecule has 1 aromatic rings. The molecule has 0 amide bonds. The van der Waals surface area contributed by atoms with Crippen LogP contribution in [0.25, 0.3) is 0 Å². The zero-order valence-electron chi connectivity index (χ0n) is 13.3. The van der Waals surface area contributed by atoms with E-state index in [9.17, 15) is 8.42 Å². The van der Waals surface area contributed by atoms with Crippen molar-refractivity contribution in [3.05, 3.63) is 15.6 Å². The summed E-state index contributed by atoms with van der Waals surface area (Å²) in [6, 6.07) is 0. The molecule has 1 saturated heterocycles. The van der Waals surface area contributed by atoms with Crippen molar-refractivity contribution < 1.29 is 8.42 Å². The van der Waals surface area contributed by atoms with Crippen LogP contribution in [0.5, 0.6) is 0 Å². The standard InChI is InChI=1S/C15H25N3O2S2/c1-3-16-22(19,20)12-6-7-18(9-12)10-15-17-13-5-4-11(2)8-14(13)21-15/h11-12,16H,3-10H2,1-2H3/t11-,12+/m1/s1. The number of fused-ring (bicyclic) bond motifs is 1. The third kappa shape index (κ3) is 3.53. The van der Waals surface area contributed by atoms with Crippen LogP contribution in [-0.2, 0) is 29.4 Å². The lowest BCUT2D eigenvalue weighted by molar-refractivity contribution is 0.330. The highest BCUT2D eigenvalue weighted by Crippen LogP contribution is 2.31. The van der Waals surface area contributed by atoms with E-state index in [1.807, 2.05) is 18.3 Å². The number of likely N-dealkylation sites (tertiary alicyclic amines) is 1. The van der Waals surface area contributed by atoms with Gasteiger partial charge in [0.1, 0.15) is 5.01 Å². The number of thiazole rings is 1. The summed E-state index contributed by atoms with van der Waals surface area (Å²) in [6.45, 7) is 6.86. The minimum atomic E-state index is -3.15. The Balaban J connectivity index is 1.61. The van der Waals surface area contributed by atoms with Gasteiger partial charge in [-0.25, -0.2) is 18.1 Å². The predicted molar refractivity (Wildman–Crippen MR) is 89.6 cm³/mol. The molecule has 2 heterocycles. The first-order valence-corrected chi connectivity index (χ1v) is 10.5. The molecule has 2 aliphatic rings. The van der Waals surface area contributed by atoms with Crippen LogP contribution in [0, 0.1) is 5.92 Å². The summed E-state index contributed by atoms with van der Waals surface area (Å²) in [7, 11) is -3.15. The topological polar surface area (TPSA) is 62.3 Å². The summed E-state index contributed by atoms with van der Waals surface area (Å²) in [5.41, 5.74) is 1.29. The fourth-order valence-electron chi connectivity index (χ4n) is 3.37. The summed E-state index contributed by atoms with van der Waals surface area (Å²) in [5.74, 6) is 0.766. The highest BCUT2D eigenvalue weighted by molar-refractivity contribution is 7.90. The van der Waals surface area contributed by atoms with Gasteiger partial charge >= 0.3 is 0 Å². The molecule has 0 bridgehead atoms. The number of aryl methyl sites for hydroxylation is 1. The zero-order chi connectivity index (χ0) is 15.7. The third-order valence-corrected chi connectivity index (χ3v) is 7.66. The van der Waals surface area contributed by atoms with Crippen LogP contribution in [0.4, 0.5) is 0 Å². The van der Waals surface area contributed by atoms with Crippen molar-refractivity contribution in [3.8, 4) is 0 Å². The number of sulfonamides is 1. The lowest BCUT2D eigenvalue weighted by atomic mass is 9.93. The summed E-state index contributed by atoms with van der Waals surface area (Å²) >= 11 is 1.83. The first kappa shape index (κ1) is 16.4. The molecule has 1 fully saturated rings. The van der Waals surface area contributed by atoms with Crippen LogP contribution in [0.2, 0.25) is 0 Å². The lowest BCUT2D eigenvalue weighted by Gasteiger charge is -2.15. The molecule has 7 heteroatoms. The molecule has 0 radical (unpaired) electrons. The van der Waals surface area contributed by atoms with Gasteiger partial charge in [-0.3, -0.25) is 4.90 Å². The molecule has 22 heavy (non-hydrogen) atoms. The number of hydrogen-bond acceptors (Lipinski definition) is 5. The van der Waals surface area contributed by atoms with E-state index < -0.39 is 10.0 Å². The van der Waals surface area contributed by atoms with Gasteiger partial charge in [0.25, 0.3) is 0 Å². The molecule has 1 aromatic heterocycles. The van der Waals surface area contributed by atoms with Crippen molar-refractivity contribution in [2.75, 3.05) is 19.6 Å². The second-order valence-corrected chi connectivity index (χ2v) is 9.73. The van der Waals surface area contributed by atoms with E-state index in [-0.39, 0.29) is 5.25 Å². The maximum Gasteiger partial charge on any atom is 0.215 e. The number of nitrogens with one attached hydrogen (secondary N) is 1. The summed E-state index contributed by atoms with van der Waals surface area (Å²) < 4.78 is 26.8. The predicted octanol–water partition coefficient (Wildman–Crippen LogP) is 1.78. The first-order valence-electron chi connectivity index (χ1n) is 8.16. The summed E-state index contributed by atoms with van der Waals surface area (Å²) in [5, 5.41) is 0.877. The van der Waals surface area contributed by atoms with E-state index in [1.165, 1.54) is 17.0 Å². The van der Waals surface area contributed by atoms with Gasteiger partial charge in [0.05, 0.1) is 17.5 Å². The number of rotatable bonds is 5. The minimum absolute atomic E-state index is 0.276. The maximum absolute atomic E-state index is 12.1. The van der Waals surface area contributed by atoms with Crippen LogP contribution in [0.1, 0.15) is 42.3 Å². The molecule has 1 aliphatic heterocycles. The van der Waals surface area contributed by atoms with Crippen LogP contribution < -0.4 is 4.72 Å². The average molecular weight is 344 g/mol. The molecule has 1 N–H and O–H groups in total. The molecular weight excluding hydrogens is 318 g/mol. The Morgan fingerprint density at radius 3 is 3.00 bits per heavy atom. The van der Waals surface area contributed by atoms with Gasteiger partial charge in [0.15, 0.2) is 0 Å². The molecule has 5 nitrogen and oxygen atoms in total. The Kier molecular flexibility index (Phi) is 4.87. The fraction of sp³-hybridized carbons (Fsp3) is 0.800. The third-order valence-electron chi connectivity index (χ3n) is 4.60. The van der Waals surface area contributed by atoms with Crippen molar-refractivity contribution in [3.63, 3.8) is 0 Å². The highest BCUT2D eigenvalue weighted by atomic mass is 32.2. The van der Waals surface area contributed by atoms with E-state index in [0.717, 1.165) is 43.3 Å². The van der Waals surface area contributed by atoms with Gasteiger partial charge in [-0.1, -0.05) is 13.8 Å². The molecule has 124 valence electrons. The van der Waals surface area contributed by atoms with Gasteiger partial charge in [0.2, 0.25) is 10.0 Å². The molecular formula is C15H25N3O2S2. The zero-order valence-corrected chi connectivity index (χ0v) is 15.0. The van der Waals surface area contributed by atoms with Crippen molar-refractivity contribution in [2.24, 2.45) is 5.92 Å². The summed E-state index contributed by atoms with van der Waals surface area (Å²) in [6.07, 6.45) is 4.22. The van der Waals surface area contributed by atoms with Crippen molar-refractivity contribution in [2.45, 2.75) is 51.3 Å². The van der Waals surface area contributed by atoms with Crippen molar-refractivity contribution >= 4 is 21.4 Å². The van der Waals surface area contributed by atoms with Crippen molar-refractivity contribution in [1.29, 1.82) is 0 Å². The first-order chi connectivity index (χ1) is 10.5. The molecule has 0 aromatic carbocycles. The van der Waals surface area contributed by atoms with E-state index in [4.69, 9.17) is 4.98 Å². The smallest absolute Gasteiger partial charge is 0.215 e. The van der Waals surface area contributed by atoms with Crippen LogP contribution in [-0.4, -0.2) is 43.2 Å². The van der Waals surface area contributed by atoms with E-state index in [2.05, 4.69) is 16.5 Å². The van der Waals surface area contributed by atoms with Gasteiger partial charge in [-0.15, -0.1) is 11.3 Å². The van der Waals surface area contributed by atoms with Gasteiger partial charge < -0.3 is 0 Å². The van der Waals surface area contributed by atoms with E-state index >= 15 is 0 Å². The highest BCUT2D eigenvalue weighted by Gasteiger charge is 2.33. The number of aromatic nitrogens is 1. The Morgan fingerprint density at radius 2 is 2.23 bits per heavy atom. The second kappa shape index (κ2) is 6.55. The van der Waals surface area contributed by atoms with Crippen LogP contribution in [0.3, 0.4) is 0 Å². The minimum Gasteiger partial charge on any atom is -0.295 e. The van der Waals surface area contributed by atoms with Gasteiger partial charge in [0, 0.05) is 18.0 Å². The summed E-state index contributed by atoms with van der Waals surface area (Å²) in [4.78, 5) is 8.46. The monoisotopic (exact) mass is 343 g/mol. The van der Waals surface area contributed by atoms with Crippen LogP contribution in [0.15, 0.2) is 0 Å². The van der Waals surface area contributed by atoms with Gasteiger partial charge in [-0.05, 0) is 38.1 Å². The lowest BCUT2D eigenvalue weighted by Crippen LogP contribution is -2.36. The number of hydrogen-bond donors (Lipinski definition) is 1. The normalized spacial score (nSPS) is 26.3. The molecule has 0 unspecified atom stereocenters.